The SMILES string of the molecule is CCNC(COc1cccc(F)c1)C1CC1. The van der Waals surface area contributed by atoms with Gasteiger partial charge in [-0.25, -0.2) is 4.39 Å². The van der Waals surface area contributed by atoms with Crippen LogP contribution in [-0.2, 0) is 0 Å². The average Bonchev–Trinajstić information content (AvgIpc) is 3.08. The standard InChI is InChI=1S/C13H18FNO/c1-2-15-13(10-6-7-10)9-16-12-5-3-4-11(14)8-12/h3-5,8,10,13,15H,2,6-7,9H2,1H3. The van der Waals surface area contributed by atoms with Gasteiger partial charge in [0.25, 0.3) is 0 Å². The summed E-state index contributed by atoms with van der Waals surface area (Å²) in [7, 11) is 0. The van der Waals surface area contributed by atoms with Gasteiger partial charge < -0.3 is 10.1 Å². The number of nitrogens with one attached hydrogen (secondary N) is 1. The van der Waals surface area contributed by atoms with Crippen molar-refractivity contribution in [3.63, 3.8) is 0 Å². The van der Waals surface area contributed by atoms with Gasteiger partial charge in [0, 0.05) is 12.1 Å². The summed E-state index contributed by atoms with van der Waals surface area (Å²) >= 11 is 0. The first-order valence-corrected chi connectivity index (χ1v) is 5.91. The van der Waals surface area contributed by atoms with E-state index in [2.05, 4.69) is 12.2 Å². The molecule has 1 fully saturated rings. The van der Waals surface area contributed by atoms with E-state index in [1.54, 1.807) is 12.1 Å². The molecule has 1 saturated carbocycles. The van der Waals surface area contributed by atoms with Crippen LogP contribution in [0, 0.1) is 11.7 Å². The largest absolute Gasteiger partial charge is 0.492 e. The van der Waals surface area contributed by atoms with Gasteiger partial charge in [-0.15, -0.1) is 0 Å². The van der Waals surface area contributed by atoms with Crippen LogP contribution in [0.5, 0.6) is 5.75 Å². The zero-order valence-corrected chi connectivity index (χ0v) is 9.58. The maximum atomic E-state index is 12.9. The lowest BCUT2D eigenvalue weighted by Gasteiger charge is -2.17. The minimum Gasteiger partial charge on any atom is -0.492 e. The quantitative estimate of drug-likeness (QED) is 0.800. The molecule has 1 N–H and O–H groups in total. The smallest absolute Gasteiger partial charge is 0.126 e. The second kappa shape index (κ2) is 5.30. The number of halogens is 1. The van der Waals surface area contributed by atoms with Crippen molar-refractivity contribution in [3.8, 4) is 5.75 Å². The van der Waals surface area contributed by atoms with Gasteiger partial charge in [-0.2, -0.15) is 0 Å². The minimum atomic E-state index is -0.246. The molecule has 0 amide bonds. The molecule has 3 heteroatoms. The van der Waals surface area contributed by atoms with Crippen molar-refractivity contribution in [2.24, 2.45) is 5.92 Å². The Morgan fingerprint density at radius 1 is 1.50 bits per heavy atom. The number of likely N-dealkylation sites (N-methyl/N-ethyl adjacent to an activating group) is 1. The maximum absolute atomic E-state index is 12.9. The highest BCUT2D eigenvalue weighted by Gasteiger charge is 2.30. The summed E-state index contributed by atoms with van der Waals surface area (Å²) in [6.45, 7) is 3.67. The molecule has 0 spiro atoms. The highest BCUT2D eigenvalue weighted by Crippen LogP contribution is 2.32. The monoisotopic (exact) mass is 223 g/mol. The van der Waals surface area contributed by atoms with Crippen LogP contribution in [0.3, 0.4) is 0 Å². The molecular formula is C13H18FNO. The molecule has 1 aromatic rings. The Balaban J connectivity index is 1.85. The van der Waals surface area contributed by atoms with E-state index >= 15 is 0 Å². The molecule has 88 valence electrons. The predicted octanol–water partition coefficient (Wildman–Crippen LogP) is 2.59. The van der Waals surface area contributed by atoms with E-state index in [4.69, 9.17) is 4.74 Å². The van der Waals surface area contributed by atoms with Crippen LogP contribution in [0.15, 0.2) is 24.3 Å². The fraction of sp³-hybridized carbons (Fsp3) is 0.538. The van der Waals surface area contributed by atoms with Crippen LogP contribution in [0.1, 0.15) is 19.8 Å². The van der Waals surface area contributed by atoms with E-state index in [0.29, 0.717) is 18.4 Å². The Kier molecular flexibility index (Phi) is 3.78. The zero-order chi connectivity index (χ0) is 11.4. The third-order valence-electron chi connectivity index (χ3n) is 2.88. The molecule has 0 saturated heterocycles. The number of hydrogen-bond donors (Lipinski definition) is 1. The molecule has 1 unspecified atom stereocenters. The van der Waals surface area contributed by atoms with Crippen LogP contribution in [0.2, 0.25) is 0 Å². The molecule has 1 atom stereocenters. The fourth-order valence-electron chi connectivity index (χ4n) is 1.87. The van der Waals surface area contributed by atoms with Crippen molar-refractivity contribution in [2.75, 3.05) is 13.2 Å². The third kappa shape index (κ3) is 3.20. The first kappa shape index (κ1) is 11.4. The Bertz CT molecular complexity index is 338. The number of benzene rings is 1. The van der Waals surface area contributed by atoms with Crippen molar-refractivity contribution < 1.29 is 9.13 Å². The van der Waals surface area contributed by atoms with E-state index in [9.17, 15) is 4.39 Å². The van der Waals surface area contributed by atoms with Crippen LogP contribution >= 0.6 is 0 Å². The van der Waals surface area contributed by atoms with Crippen molar-refractivity contribution in [2.45, 2.75) is 25.8 Å². The Morgan fingerprint density at radius 2 is 2.31 bits per heavy atom. The second-order valence-corrected chi connectivity index (χ2v) is 4.27. The first-order chi connectivity index (χ1) is 7.79. The summed E-state index contributed by atoms with van der Waals surface area (Å²) < 4.78 is 18.5. The lowest BCUT2D eigenvalue weighted by atomic mass is 10.2. The highest BCUT2D eigenvalue weighted by atomic mass is 19.1. The van der Waals surface area contributed by atoms with Crippen LogP contribution in [0.25, 0.3) is 0 Å². The molecule has 1 aliphatic rings. The Hall–Kier alpha value is -1.09. The van der Waals surface area contributed by atoms with E-state index in [-0.39, 0.29) is 5.82 Å². The summed E-state index contributed by atoms with van der Waals surface area (Å²) in [5.41, 5.74) is 0. The van der Waals surface area contributed by atoms with Gasteiger partial charge in [-0.1, -0.05) is 13.0 Å². The van der Waals surface area contributed by atoms with Gasteiger partial charge in [0.15, 0.2) is 0 Å². The van der Waals surface area contributed by atoms with Gasteiger partial charge in [-0.05, 0) is 37.4 Å². The molecule has 2 nitrogen and oxygen atoms in total. The number of hydrogen-bond acceptors (Lipinski definition) is 2. The Labute approximate surface area is 95.8 Å². The maximum Gasteiger partial charge on any atom is 0.126 e. The van der Waals surface area contributed by atoms with Gasteiger partial charge >= 0.3 is 0 Å². The average molecular weight is 223 g/mol. The first-order valence-electron chi connectivity index (χ1n) is 5.91. The fourth-order valence-corrected chi connectivity index (χ4v) is 1.87. The molecule has 0 heterocycles. The summed E-state index contributed by atoms with van der Waals surface area (Å²) in [6, 6.07) is 6.72. The molecule has 0 aromatic heterocycles. The van der Waals surface area contributed by atoms with E-state index in [1.165, 1.54) is 25.0 Å². The van der Waals surface area contributed by atoms with Gasteiger partial charge in [0.1, 0.15) is 18.2 Å². The van der Waals surface area contributed by atoms with Crippen molar-refractivity contribution in [3.05, 3.63) is 30.1 Å². The van der Waals surface area contributed by atoms with Crippen molar-refractivity contribution in [1.29, 1.82) is 0 Å². The molecule has 2 rings (SSSR count). The van der Waals surface area contributed by atoms with E-state index in [0.717, 1.165) is 12.5 Å². The third-order valence-corrected chi connectivity index (χ3v) is 2.88. The molecule has 0 aliphatic heterocycles. The number of ether oxygens (including phenoxy) is 1. The van der Waals surface area contributed by atoms with E-state index < -0.39 is 0 Å². The Morgan fingerprint density at radius 3 is 2.94 bits per heavy atom. The molecule has 1 aromatic carbocycles. The zero-order valence-electron chi connectivity index (χ0n) is 9.58. The molecular weight excluding hydrogens is 205 g/mol. The van der Waals surface area contributed by atoms with Crippen molar-refractivity contribution >= 4 is 0 Å². The summed E-state index contributed by atoms with van der Waals surface area (Å²) in [5.74, 6) is 1.11. The predicted molar refractivity (Wildman–Crippen MR) is 62.1 cm³/mol. The summed E-state index contributed by atoms with van der Waals surface area (Å²) in [5, 5.41) is 3.41. The topological polar surface area (TPSA) is 21.3 Å². The van der Waals surface area contributed by atoms with Crippen LogP contribution in [0.4, 0.5) is 4.39 Å². The minimum absolute atomic E-state index is 0.246. The van der Waals surface area contributed by atoms with Gasteiger partial charge in [0.2, 0.25) is 0 Å². The second-order valence-electron chi connectivity index (χ2n) is 4.27. The molecule has 1 aliphatic carbocycles. The summed E-state index contributed by atoms with van der Waals surface area (Å²) in [6.07, 6.45) is 2.56. The normalized spacial score (nSPS) is 17.1. The highest BCUT2D eigenvalue weighted by molar-refractivity contribution is 5.22. The summed E-state index contributed by atoms with van der Waals surface area (Å²) in [4.78, 5) is 0. The van der Waals surface area contributed by atoms with Crippen molar-refractivity contribution in [1.82, 2.24) is 5.32 Å². The van der Waals surface area contributed by atoms with Gasteiger partial charge in [-0.3, -0.25) is 0 Å². The molecule has 0 bridgehead atoms. The van der Waals surface area contributed by atoms with Crippen LogP contribution < -0.4 is 10.1 Å². The lowest BCUT2D eigenvalue weighted by Crippen LogP contribution is -2.36. The van der Waals surface area contributed by atoms with E-state index in [1.807, 2.05) is 0 Å². The molecule has 16 heavy (non-hydrogen) atoms. The molecule has 0 radical (unpaired) electrons. The lowest BCUT2D eigenvalue weighted by molar-refractivity contribution is 0.250. The van der Waals surface area contributed by atoms with Gasteiger partial charge in [0.05, 0.1) is 0 Å². The number of rotatable bonds is 6. The van der Waals surface area contributed by atoms with Crippen LogP contribution in [-0.4, -0.2) is 19.2 Å².